The molecular formula is C18H24N8+4. The van der Waals surface area contributed by atoms with E-state index >= 15 is 0 Å². The van der Waals surface area contributed by atoms with Gasteiger partial charge < -0.3 is 0 Å². The molecular weight excluding hydrogens is 328 g/mol. The standard InChI is InChI=1S/C18H24N8/c1-2-20-6-10-24(14-20)18-26-12-8-22(16-26)4-3-21-7-11-25(15-21)17-23-9-5-19(1)13-23/h5-16H,1-4,17-18H2/q+4. The predicted octanol–water partition coefficient (Wildman–Crippen LogP) is -1.23. The van der Waals surface area contributed by atoms with E-state index in [0.717, 1.165) is 39.5 Å². The van der Waals surface area contributed by atoms with Crippen molar-refractivity contribution < 1.29 is 18.3 Å². The minimum atomic E-state index is 0.826. The lowest BCUT2D eigenvalue weighted by Crippen LogP contribution is -2.49. The summed E-state index contributed by atoms with van der Waals surface area (Å²) in [6, 6.07) is 0. The Hall–Kier alpha value is -3.16. The van der Waals surface area contributed by atoms with Crippen molar-refractivity contribution in [2.45, 2.75) is 39.5 Å². The van der Waals surface area contributed by atoms with Crippen LogP contribution in [0.15, 0.2) is 74.9 Å². The average molecular weight is 352 g/mol. The molecule has 0 saturated heterocycles. The molecule has 0 aliphatic carbocycles. The van der Waals surface area contributed by atoms with Crippen LogP contribution < -0.4 is 18.3 Å². The first-order valence-corrected chi connectivity index (χ1v) is 8.99. The monoisotopic (exact) mass is 352 g/mol. The Morgan fingerprint density at radius 2 is 0.692 bits per heavy atom. The Bertz CT molecular complexity index is 855. The molecule has 8 bridgehead atoms. The number of hydrogen-bond acceptors (Lipinski definition) is 0. The summed E-state index contributed by atoms with van der Waals surface area (Å²) >= 11 is 0. The van der Waals surface area contributed by atoms with Crippen LogP contribution in [0.1, 0.15) is 0 Å². The second-order valence-electron chi connectivity index (χ2n) is 6.95. The van der Waals surface area contributed by atoms with Gasteiger partial charge in [-0.2, -0.15) is 18.3 Å². The third kappa shape index (κ3) is 3.17. The topological polar surface area (TPSA) is 35.2 Å². The number of nitrogens with zero attached hydrogens (tertiary/aromatic N) is 8. The molecule has 8 nitrogen and oxygen atoms in total. The van der Waals surface area contributed by atoms with Crippen LogP contribution in [0.4, 0.5) is 0 Å². The van der Waals surface area contributed by atoms with Crippen molar-refractivity contribution in [2.75, 3.05) is 0 Å². The molecule has 1 aliphatic rings. The summed E-state index contributed by atoms with van der Waals surface area (Å²) in [4.78, 5) is 0. The summed E-state index contributed by atoms with van der Waals surface area (Å²) in [5, 5.41) is 0. The van der Waals surface area contributed by atoms with Crippen molar-refractivity contribution in [3.8, 4) is 0 Å². The maximum absolute atomic E-state index is 2.24. The van der Waals surface area contributed by atoms with Gasteiger partial charge in [-0.1, -0.05) is 0 Å². The van der Waals surface area contributed by atoms with E-state index in [4.69, 9.17) is 0 Å². The molecule has 5 heterocycles. The predicted molar refractivity (Wildman–Crippen MR) is 89.3 cm³/mol. The SMILES string of the molecule is c1c[n+]2cn1CCn1cc[n+](c1)C[n+]1ccn(c1)CCn1cc[n+](c1)C2. The Labute approximate surface area is 151 Å². The van der Waals surface area contributed by atoms with Gasteiger partial charge in [0.15, 0.2) is 0 Å². The molecule has 0 N–H and O–H groups in total. The first-order chi connectivity index (χ1) is 12.8. The normalized spacial score (nSPS) is 14.8. The highest BCUT2D eigenvalue weighted by Crippen LogP contribution is 1.93. The van der Waals surface area contributed by atoms with Gasteiger partial charge in [0.1, 0.15) is 75.8 Å². The highest BCUT2D eigenvalue weighted by Gasteiger charge is 2.13. The van der Waals surface area contributed by atoms with E-state index in [1.54, 1.807) is 0 Å². The van der Waals surface area contributed by atoms with Gasteiger partial charge in [0.25, 0.3) is 0 Å². The van der Waals surface area contributed by atoms with Gasteiger partial charge in [-0.05, 0) is 0 Å². The molecule has 4 aromatic rings. The van der Waals surface area contributed by atoms with Crippen LogP contribution in [0, 0.1) is 0 Å². The van der Waals surface area contributed by atoms with E-state index < -0.39 is 0 Å². The smallest absolute Gasteiger partial charge is 0.233 e. The zero-order valence-corrected chi connectivity index (χ0v) is 14.7. The summed E-state index contributed by atoms with van der Waals surface area (Å²) in [6.45, 7) is 5.47. The molecule has 1 aliphatic heterocycles. The second-order valence-corrected chi connectivity index (χ2v) is 6.95. The largest absolute Gasteiger partial charge is 0.247 e. The molecule has 0 radical (unpaired) electrons. The molecule has 0 amide bonds. The van der Waals surface area contributed by atoms with Crippen molar-refractivity contribution in [3.05, 3.63) is 74.9 Å². The molecule has 0 aromatic carbocycles. The van der Waals surface area contributed by atoms with Crippen LogP contribution in [0.3, 0.4) is 0 Å². The van der Waals surface area contributed by atoms with E-state index in [0.29, 0.717) is 0 Å². The van der Waals surface area contributed by atoms with Crippen molar-refractivity contribution >= 4 is 0 Å². The van der Waals surface area contributed by atoms with Crippen molar-refractivity contribution in [3.63, 3.8) is 0 Å². The third-order valence-electron chi connectivity index (χ3n) is 4.87. The van der Waals surface area contributed by atoms with Gasteiger partial charge in [-0.15, -0.1) is 0 Å². The lowest BCUT2D eigenvalue weighted by molar-refractivity contribution is -0.913. The first-order valence-electron chi connectivity index (χ1n) is 8.99. The lowest BCUT2D eigenvalue weighted by Gasteiger charge is -1.96. The Kier molecular flexibility index (Phi) is 3.66. The van der Waals surface area contributed by atoms with Crippen molar-refractivity contribution in [2.24, 2.45) is 0 Å². The molecule has 0 saturated carbocycles. The summed E-state index contributed by atoms with van der Waals surface area (Å²) in [5.74, 6) is 0. The van der Waals surface area contributed by atoms with Crippen LogP contribution in [-0.2, 0) is 39.5 Å². The highest BCUT2D eigenvalue weighted by molar-refractivity contribution is 4.71. The average Bonchev–Trinajstić information content (AvgIpc) is 3.40. The quantitative estimate of drug-likeness (QED) is 0.355. The van der Waals surface area contributed by atoms with E-state index in [1.165, 1.54) is 0 Å². The summed E-state index contributed by atoms with van der Waals surface area (Å²) < 4.78 is 17.8. The number of hydrogen-bond donors (Lipinski definition) is 0. The van der Waals surface area contributed by atoms with Crippen LogP contribution in [-0.4, -0.2) is 18.3 Å². The fourth-order valence-corrected chi connectivity index (χ4v) is 3.46. The van der Waals surface area contributed by atoms with Crippen LogP contribution in [0.25, 0.3) is 0 Å². The van der Waals surface area contributed by atoms with Crippen LogP contribution in [0.2, 0.25) is 0 Å². The van der Waals surface area contributed by atoms with E-state index in [2.05, 4.69) is 111 Å². The van der Waals surface area contributed by atoms with Gasteiger partial charge in [-0.25, -0.2) is 18.3 Å². The first kappa shape index (κ1) is 15.1. The van der Waals surface area contributed by atoms with Crippen molar-refractivity contribution in [1.29, 1.82) is 0 Å². The number of fused-ring (bicyclic) bond motifs is 8. The summed E-state index contributed by atoms with van der Waals surface area (Å²) in [6.07, 6.45) is 25.8. The molecule has 5 rings (SSSR count). The zero-order valence-electron chi connectivity index (χ0n) is 14.7. The summed E-state index contributed by atoms with van der Waals surface area (Å²) in [7, 11) is 0. The fourth-order valence-electron chi connectivity index (χ4n) is 3.46. The lowest BCUT2D eigenvalue weighted by atomic mass is 10.6. The zero-order chi connectivity index (χ0) is 17.3. The van der Waals surface area contributed by atoms with Crippen molar-refractivity contribution in [1.82, 2.24) is 18.3 Å². The number of rotatable bonds is 0. The molecule has 0 fully saturated rings. The molecule has 4 aromatic heterocycles. The van der Waals surface area contributed by atoms with Crippen LogP contribution >= 0.6 is 0 Å². The Balaban J connectivity index is 1.43. The third-order valence-corrected chi connectivity index (χ3v) is 4.87. The number of imidazole rings is 4. The van der Waals surface area contributed by atoms with Gasteiger partial charge in [0.2, 0.25) is 38.6 Å². The Morgan fingerprint density at radius 3 is 0.962 bits per heavy atom. The molecule has 26 heavy (non-hydrogen) atoms. The highest BCUT2D eigenvalue weighted by atomic mass is 15.3. The van der Waals surface area contributed by atoms with E-state index in [9.17, 15) is 0 Å². The molecule has 0 spiro atoms. The molecule has 0 unspecified atom stereocenters. The van der Waals surface area contributed by atoms with Crippen LogP contribution in [0.5, 0.6) is 0 Å². The number of aryl methyl sites for hydroxylation is 4. The molecule has 0 atom stereocenters. The van der Waals surface area contributed by atoms with E-state index in [1.807, 2.05) is 0 Å². The minimum Gasteiger partial charge on any atom is -0.233 e. The van der Waals surface area contributed by atoms with Gasteiger partial charge >= 0.3 is 0 Å². The minimum absolute atomic E-state index is 0.826. The Morgan fingerprint density at radius 1 is 0.423 bits per heavy atom. The van der Waals surface area contributed by atoms with Gasteiger partial charge in [-0.3, -0.25) is 0 Å². The summed E-state index contributed by atoms with van der Waals surface area (Å²) in [5.41, 5.74) is 0. The maximum Gasteiger partial charge on any atom is 0.247 e. The van der Waals surface area contributed by atoms with E-state index in [-0.39, 0.29) is 0 Å². The second kappa shape index (κ2) is 6.29. The number of aromatic nitrogens is 8. The molecule has 8 heteroatoms. The van der Waals surface area contributed by atoms with Gasteiger partial charge in [0, 0.05) is 0 Å². The molecule has 132 valence electrons. The maximum atomic E-state index is 2.24. The van der Waals surface area contributed by atoms with Gasteiger partial charge in [0.05, 0.1) is 0 Å². The fraction of sp³-hybridized carbons (Fsp3) is 0.333.